The van der Waals surface area contributed by atoms with Crippen molar-refractivity contribution in [2.75, 3.05) is 0 Å². The van der Waals surface area contributed by atoms with Crippen LogP contribution in [0.1, 0.15) is 36.6 Å². The van der Waals surface area contributed by atoms with Gasteiger partial charge >= 0.3 is 6.55 Å². The van der Waals surface area contributed by atoms with E-state index in [2.05, 4.69) is 9.97 Å². The smallest absolute Gasteiger partial charge is 0.274 e. The molecule has 0 spiro atoms. The van der Waals surface area contributed by atoms with Crippen molar-refractivity contribution in [2.45, 2.75) is 25.3 Å². The third-order valence-corrected chi connectivity index (χ3v) is 4.58. The molecule has 130 valence electrons. The maximum absolute atomic E-state index is 13.3. The van der Waals surface area contributed by atoms with Crippen molar-refractivity contribution < 1.29 is 8.78 Å². The van der Waals surface area contributed by atoms with Crippen molar-refractivity contribution in [3.8, 4) is 28.6 Å². The van der Waals surface area contributed by atoms with Crippen LogP contribution in [0, 0.1) is 11.3 Å². The lowest BCUT2D eigenvalue weighted by Crippen LogP contribution is -2.01. The molecule has 0 atom stereocenters. The van der Waals surface area contributed by atoms with Crippen molar-refractivity contribution in [1.29, 1.82) is 5.26 Å². The summed E-state index contributed by atoms with van der Waals surface area (Å²) in [5.41, 5.74) is 3.19. The van der Waals surface area contributed by atoms with Gasteiger partial charge in [0.2, 0.25) is 0 Å². The van der Waals surface area contributed by atoms with Gasteiger partial charge in [0, 0.05) is 29.6 Å². The third kappa shape index (κ3) is 3.06. The molecular weight excluding hydrogens is 358 g/mol. The standard InChI is InChI=1S/C19H13ClF2N4/c20-17-9-13(8-16(25-17)12-2-3-12)14-4-1-11(10-23)7-15(14)18-24-5-6-26(18)19(21)22/h1,4-9,12,19H,2-3H2. The molecule has 2 aromatic heterocycles. The zero-order chi connectivity index (χ0) is 18.3. The van der Waals surface area contributed by atoms with Gasteiger partial charge in [-0.15, -0.1) is 0 Å². The number of halogens is 3. The molecule has 1 aromatic carbocycles. The number of alkyl halides is 2. The van der Waals surface area contributed by atoms with Crippen LogP contribution in [0.2, 0.25) is 5.15 Å². The van der Waals surface area contributed by atoms with E-state index >= 15 is 0 Å². The molecule has 0 bridgehead atoms. The molecule has 4 rings (SSSR count). The van der Waals surface area contributed by atoms with Crippen LogP contribution in [-0.2, 0) is 0 Å². The summed E-state index contributed by atoms with van der Waals surface area (Å²) in [6.45, 7) is -2.73. The lowest BCUT2D eigenvalue weighted by molar-refractivity contribution is 0.0720. The Labute approximate surface area is 153 Å². The van der Waals surface area contributed by atoms with Gasteiger partial charge in [0.05, 0.1) is 11.6 Å². The Morgan fingerprint density at radius 2 is 2.00 bits per heavy atom. The van der Waals surface area contributed by atoms with E-state index in [0.717, 1.165) is 28.7 Å². The van der Waals surface area contributed by atoms with E-state index in [1.807, 2.05) is 12.1 Å². The molecule has 0 aliphatic heterocycles. The normalized spacial score (nSPS) is 13.8. The average molecular weight is 371 g/mol. The van der Waals surface area contributed by atoms with Crippen LogP contribution < -0.4 is 0 Å². The van der Waals surface area contributed by atoms with Gasteiger partial charge in [0.15, 0.2) is 0 Å². The molecule has 1 aliphatic rings. The van der Waals surface area contributed by atoms with Crippen LogP contribution in [-0.4, -0.2) is 14.5 Å². The van der Waals surface area contributed by atoms with E-state index in [0.29, 0.717) is 27.8 Å². The Morgan fingerprint density at radius 3 is 2.69 bits per heavy atom. The fourth-order valence-electron chi connectivity index (χ4n) is 2.99. The second-order valence-electron chi connectivity index (χ2n) is 6.19. The Kier molecular flexibility index (Phi) is 4.17. The van der Waals surface area contributed by atoms with Gasteiger partial charge in [-0.05, 0) is 48.2 Å². The van der Waals surface area contributed by atoms with Gasteiger partial charge < -0.3 is 0 Å². The summed E-state index contributed by atoms with van der Waals surface area (Å²) in [5, 5.41) is 9.57. The highest BCUT2D eigenvalue weighted by Crippen LogP contribution is 2.42. The first-order valence-corrected chi connectivity index (χ1v) is 8.48. The second kappa shape index (κ2) is 6.50. The first-order valence-electron chi connectivity index (χ1n) is 8.10. The van der Waals surface area contributed by atoms with Crippen LogP contribution in [0.25, 0.3) is 22.5 Å². The summed E-state index contributed by atoms with van der Waals surface area (Å²) in [6.07, 6.45) is 4.68. The maximum Gasteiger partial charge on any atom is 0.320 e. The van der Waals surface area contributed by atoms with Crippen LogP contribution in [0.3, 0.4) is 0 Å². The summed E-state index contributed by atoms with van der Waals surface area (Å²) in [7, 11) is 0. The van der Waals surface area contributed by atoms with E-state index < -0.39 is 6.55 Å². The number of rotatable bonds is 4. The van der Waals surface area contributed by atoms with E-state index in [4.69, 9.17) is 11.6 Å². The first kappa shape index (κ1) is 16.7. The fourth-order valence-corrected chi connectivity index (χ4v) is 3.21. The van der Waals surface area contributed by atoms with E-state index in [9.17, 15) is 14.0 Å². The van der Waals surface area contributed by atoms with Gasteiger partial charge in [-0.2, -0.15) is 14.0 Å². The molecule has 7 heteroatoms. The third-order valence-electron chi connectivity index (χ3n) is 4.39. The molecule has 0 amide bonds. The quantitative estimate of drug-likeness (QED) is 0.577. The van der Waals surface area contributed by atoms with E-state index in [1.165, 1.54) is 12.4 Å². The molecule has 0 N–H and O–H groups in total. The number of hydrogen-bond acceptors (Lipinski definition) is 3. The zero-order valence-corrected chi connectivity index (χ0v) is 14.3. The highest BCUT2D eigenvalue weighted by molar-refractivity contribution is 6.29. The maximum atomic E-state index is 13.3. The van der Waals surface area contributed by atoms with Crippen molar-refractivity contribution in [3.05, 3.63) is 59.1 Å². The summed E-state index contributed by atoms with van der Waals surface area (Å²) in [4.78, 5) is 8.45. The second-order valence-corrected chi connectivity index (χ2v) is 6.57. The Bertz CT molecular complexity index is 1020. The molecule has 3 aromatic rings. The van der Waals surface area contributed by atoms with Crippen molar-refractivity contribution in [2.24, 2.45) is 0 Å². The molecule has 0 unspecified atom stereocenters. The number of imidazole rings is 1. The number of aromatic nitrogens is 3. The van der Waals surface area contributed by atoms with Crippen LogP contribution >= 0.6 is 11.6 Å². The van der Waals surface area contributed by atoms with Crippen molar-refractivity contribution in [3.63, 3.8) is 0 Å². The number of hydrogen-bond donors (Lipinski definition) is 0. The fraction of sp³-hybridized carbons (Fsp3) is 0.211. The molecule has 0 radical (unpaired) electrons. The lowest BCUT2D eigenvalue weighted by atomic mass is 9.97. The molecule has 4 nitrogen and oxygen atoms in total. The summed E-state index contributed by atoms with van der Waals surface area (Å²) in [6, 6.07) is 10.6. The van der Waals surface area contributed by atoms with Crippen molar-refractivity contribution in [1.82, 2.24) is 14.5 Å². The molecular formula is C19H13ClF2N4. The summed E-state index contributed by atoms with van der Waals surface area (Å²) >= 11 is 6.18. The van der Waals surface area contributed by atoms with E-state index in [-0.39, 0.29) is 5.82 Å². The largest absolute Gasteiger partial charge is 0.320 e. The summed E-state index contributed by atoms with van der Waals surface area (Å²) < 4.78 is 27.4. The average Bonchev–Trinajstić information content (AvgIpc) is 3.37. The highest BCUT2D eigenvalue weighted by Gasteiger charge is 2.26. The molecule has 1 fully saturated rings. The monoisotopic (exact) mass is 370 g/mol. The Hall–Kier alpha value is -2.78. The van der Waals surface area contributed by atoms with Gasteiger partial charge in [-0.25, -0.2) is 9.97 Å². The molecule has 1 aliphatic carbocycles. The SMILES string of the molecule is N#Cc1ccc(-c2cc(Cl)nc(C3CC3)c2)c(-c2nccn2C(F)F)c1. The number of benzene rings is 1. The number of pyridine rings is 1. The number of nitriles is 1. The minimum absolute atomic E-state index is 0.105. The molecule has 26 heavy (non-hydrogen) atoms. The van der Waals surface area contributed by atoms with Crippen LogP contribution in [0.4, 0.5) is 8.78 Å². The van der Waals surface area contributed by atoms with Gasteiger partial charge in [-0.3, -0.25) is 4.57 Å². The van der Waals surface area contributed by atoms with Crippen molar-refractivity contribution >= 4 is 11.6 Å². The van der Waals surface area contributed by atoms with E-state index in [1.54, 1.807) is 24.3 Å². The molecule has 1 saturated carbocycles. The number of nitrogens with zero attached hydrogens (tertiary/aromatic N) is 4. The molecule has 2 heterocycles. The predicted octanol–water partition coefficient (Wildman–Crippen LogP) is 5.41. The Balaban J connectivity index is 1.92. The lowest BCUT2D eigenvalue weighted by Gasteiger charge is -2.13. The minimum atomic E-state index is -2.73. The molecule has 0 saturated heterocycles. The Morgan fingerprint density at radius 1 is 1.19 bits per heavy atom. The minimum Gasteiger partial charge on any atom is -0.274 e. The zero-order valence-electron chi connectivity index (χ0n) is 13.5. The topological polar surface area (TPSA) is 54.5 Å². The van der Waals surface area contributed by atoms with Crippen LogP contribution in [0.5, 0.6) is 0 Å². The summed E-state index contributed by atoms with van der Waals surface area (Å²) in [5.74, 6) is 0.505. The van der Waals surface area contributed by atoms with Crippen LogP contribution in [0.15, 0.2) is 42.7 Å². The highest BCUT2D eigenvalue weighted by atomic mass is 35.5. The van der Waals surface area contributed by atoms with Gasteiger partial charge in [-0.1, -0.05) is 17.7 Å². The van der Waals surface area contributed by atoms with Gasteiger partial charge in [0.25, 0.3) is 0 Å². The predicted molar refractivity (Wildman–Crippen MR) is 93.8 cm³/mol. The first-order chi connectivity index (χ1) is 12.6. The van der Waals surface area contributed by atoms with Gasteiger partial charge in [0.1, 0.15) is 11.0 Å².